The standard InChI is InChI=1S/C18H20N2O.C17H15FN2O/c19-11-16-18(17(12-21)20-16)15-9-7-14(8-10-15)6-5-13-3-1-2-4-13;18-14-4-2-1-3-13(14)11-5-7-12(8-6-11)17-15(9-19)20-16(17)10-21/h7-10,13,16-18,20-21H,1-4,12H2;1-8,15-17,20-21H,10H2/t16-,17+,18-;15-,16+,17-/m00/s1. The molecule has 3 aromatic carbocycles. The molecule has 2 heterocycles. The van der Waals surface area contributed by atoms with Crippen LogP contribution < -0.4 is 10.6 Å². The van der Waals surface area contributed by atoms with E-state index in [0.29, 0.717) is 11.5 Å². The SMILES string of the molecule is N#C[C@@H]1N[C@H](CO)[C@H]1c1ccc(-c2ccccc2F)cc1.N#C[C@@H]1N[C@H](CO)[C@H]1c1ccc(C#CC2CCCC2)cc1. The first kappa shape index (κ1) is 29.5. The fourth-order valence-electron chi connectivity index (χ4n) is 6.15. The minimum absolute atomic E-state index is 0.00207. The fourth-order valence-corrected chi connectivity index (χ4v) is 6.15. The van der Waals surface area contributed by atoms with Gasteiger partial charge in [-0.3, -0.25) is 10.6 Å². The molecule has 214 valence electrons. The Balaban J connectivity index is 0.000000168. The summed E-state index contributed by atoms with van der Waals surface area (Å²) in [6, 6.07) is 26.1. The summed E-state index contributed by atoms with van der Waals surface area (Å²) in [7, 11) is 0. The van der Waals surface area contributed by atoms with Crippen molar-refractivity contribution in [2.24, 2.45) is 5.92 Å². The van der Waals surface area contributed by atoms with E-state index in [9.17, 15) is 14.6 Å². The quantitative estimate of drug-likeness (QED) is 0.338. The Hall–Kier alpha value is -4.03. The van der Waals surface area contributed by atoms with Crippen LogP contribution in [0.4, 0.5) is 4.39 Å². The number of nitrogens with zero attached hydrogens (tertiary/aromatic N) is 2. The number of aliphatic hydroxyl groups excluding tert-OH is 2. The molecular formula is C35H35FN4O2. The minimum atomic E-state index is -0.276. The molecule has 6 rings (SSSR count). The molecule has 3 aromatic rings. The monoisotopic (exact) mass is 562 g/mol. The van der Waals surface area contributed by atoms with E-state index in [1.165, 1.54) is 31.7 Å². The predicted octanol–water partition coefficient (Wildman–Crippen LogP) is 4.60. The van der Waals surface area contributed by atoms with Crippen molar-refractivity contribution in [2.45, 2.75) is 61.7 Å². The van der Waals surface area contributed by atoms with Crippen LogP contribution in [0.5, 0.6) is 0 Å². The summed E-state index contributed by atoms with van der Waals surface area (Å²) >= 11 is 0. The smallest absolute Gasteiger partial charge is 0.131 e. The molecule has 4 N–H and O–H groups in total. The Morgan fingerprint density at radius 1 is 0.738 bits per heavy atom. The summed E-state index contributed by atoms with van der Waals surface area (Å²) in [5.74, 6) is 7.00. The summed E-state index contributed by atoms with van der Waals surface area (Å²) in [4.78, 5) is 0. The van der Waals surface area contributed by atoms with Crippen molar-refractivity contribution in [2.75, 3.05) is 13.2 Å². The number of hydrogen-bond donors (Lipinski definition) is 4. The van der Waals surface area contributed by atoms with Crippen LogP contribution in [-0.2, 0) is 0 Å². The molecule has 1 saturated carbocycles. The highest BCUT2D eigenvalue weighted by Gasteiger charge is 2.41. The maximum Gasteiger partial charge on any atom is 0.131 e. The highest BCUT2D eigenvalue weighted by molar-refractivity contribution is 5.64. The zero-order chi connectivity index (χ0) is 29.5. The van der Waals surface area contributed by atoms with Crippen molar-refractivity contribution in [3.8, 4) is 35.1 Å². The molecule has 0 amide bonds. The highest BCUT2D eigenvalue weighted by Crippen LogP contribution is 2.34. The highest BCUT2D eigenvalue weighted by atomic mass is 19.1. The van der Waals surface area contributed by atoms with Crippen molar-refractivity contribution in [1.82, 2.24) is 10.6 Å². The number of nitriles is 2. The number of aliphatic hydroxyl groups is 2. The molecule has 0 spiro atoms. The third kappa shape index (κ3) is 6.39. The average Bonchev–Trinajstić information content (AvgIpc) is 3.52. The van der Waals surface area contributed by atoms with Crippen molar-refractivity contribution in [1.29, 1.82) is 10.5 Å². The predicted molar refractivity (Wildman–Crippen MR) is 159 cm³/mol. The van der Waals surface area contributed by atoms with Crippen LogP contribution in [0, 0.1) is 46.2 Å². The van der Waals surface area contributed by atoms with Gasteiger partial charge in [-0.05, 0) is 47.7 Å². The molecule has 0 radical (unpaired) electrons. The van der Waals surface area contributed by atoms with E-state index >= 15 is 0 Å². The lowest BCUT2D eigenvalue weighted by atomic mass is 9.78. The maximum atomic E-state index is 13.8. The Morgan fingerprint density at radius 3 is 1.76 bits per heavy atom. The van der Waals surface area contributed by atoms with Gasteiger partial charge in [-0.15, -0.1) is 0 Å². The first-order chi connectivity index (χ1) is 20.6. The van der Waals surface area contributed by atoms with Crippen LogP contribution in [0.3, 0.4) is 0 Å². The number of halogens is 1. The Labute approximate surface area is 246 Å². The molecule has 3 aliphatic rings. The molecule has 42 heavy (non-hydrogen) atoms. The summed E-state index contributed by atoms with van der Waals surface area (Å²) in [5.41, 5.74) is 4.49. The largest absolute Gasteiger partial charge is 0.395 e. The molecular weight excluding hydrogens is 527 g/mol. The van der Waals surface area contributed by atoms with Crippen LogP contribution in [0.25, 0.3) is 11.1 Å². The van der Waals surface area contributed by atoms with Gasteiger partial charge in [0, 0.05) is 41.0 Å². The molecule has 3 fully saturated rings. The van der Waals surface area contributed by atoms with Crippen LogP contribution in [0.1, 0.15) is 54.2 Å². The molecule has 2 aliphatic heterocycles. The number of benzene rings is 3. The van der Waals surface area contributed by atoms with Gasteiger partial charge >= 0.3 is 0 Å². The van der Waals surface area contributed by atoms with E-state index < -0.39 is 0 Å². The molecule has 0 aromatic heterocycles. The van der Waals surface area contributed by atoms with Gasteiger partial charge in [0.2, 0.25) is 0 Å². The van der Waals surface area contributed by atoms with Crippen LogP contribution >= 0.6 is 0 Å². The van der Waals surface area contributed by atoms with Gasteiger partial charge in [0.1, 0.15) is 17.9 Å². The van der Waals surface area contributed by atoms with E-state index in [1.807, 2.05) is 48.5 Å². The van der Waals surface area contributed by atoms with Crippen molar-refractivity contribution >= 4 is 0 Å². The van der Waals surface area contributed by atoms with Gasteiger partial charge < -0.3 is 10.2 Å². The lowest BCUT2D eigenvalue weighted by Crippen LogP contribution is -2.60. The lowest BCUT2D eigenvalue weighted by Gasteiger charge is -2.41. The topological polar surface area (TPSA) is 112 Å². The van der Waals surface area contributed by atoms with Gasteiger partial charge in [-0.25, -0.2) is 4.39 Å². The first-order valence-electron chi connectivity index (χ1n) is 14.6. The van der Waals surface area contributed by atoms with E-state index in [0.717, 1.165) is 22.3 Å². The van der Waals surface area contributed by atoms with E-state index in [1.54, 1.807) is 18.2 Å². The normalized spacial score (nSPS) is 26.2. The molecule has 2 saturated heterocycles. The second-order valence-corrected chi connectivity index (χ2v) is 11.2. The van der Waals surface area contributed by atoms with Crippen molar-refractivity contribution in [3.63, 3.8) is 0 Å². The van der Waals surface area contributed by atoms with E-state index in [-0.39, 0.29) is 55.0 Å². The third-order valence-electron chi connectivity index (χ3n) is 8.60. The maximum absolute atomic E-state index is 13.8. The summed E-state index contributed by atoms with van der Waals surface area (Å²) < 4.78 is 13.8. The molecule has 0 bridgehead atoms. The van der Waals surface area contributed by atoms with Gasteiger partial charge in [0.15, 0.2) is 0 Å². The van der Waals surface area contributed by atoms with Crippen LogP contribution in [0.2, 0.25) is 0 Å². The van der Waals surface area contributed by atoms with E-state index in [2.05, 4.69) is 34.6 Å². The minimum Gasteiger partial charge on any atom is -0.395 e. The number of hydrogen-bond acceptors (Lipinski definition) is 6. The summed E-state index contributed by atoms with van der Waals surface area (Å²) in [5, 5.41) is 42.8. The van der Waals surface area contributed by atoms with Gasteiger partial charge in [0.25, 0.3) is 0 Å². The van der Waals surface area contributed by atoms with Gasteiger partial charge in [-0.1, -0.05) is 79.3 Å². The second kappa shape index (κ2) is 13.8. The molecule has 1 aliphatic carbocycles. The second-order valence-electron chi connectivity index (χ2n) is 11.2. The molecule has 0 unspecified atom stereocenters. The molecule has 7 heteroatoms. The third-order valence-corrected chi connectivity index (χ3v) is 8.60. The lowest BCUT2D eigenvalue weighted by molar-refractivity contribution is 0.151. The Bertz CT molecular complexity index is 1490. The van der Waals surface area contributed by atoms with Gasteiger partial charge in [0.05, 0.1) is 25.4 Å². The van der Waals surface area contributed by atoms with Crippen molar-refractivity contribution < 1.29 is 14.6 Å². The zero-order valence-electron chi connectivity index (χ0n) is 23.4. The molecule has 6 nitrogen and oxygen atoms in total. The Morgan fingerprint density at radius 2 is 1.26 bits per heavy atom. The average molecular weight is 563 g/mol. The first-order valence-corrected chi connectivity index (χ1v) is 14.6. The number of rotatable bonds is 5. The van der Waals surface area contributed by atoms with E-state index in [4.69, 9.17) is 10.5 Å². The Kier molecular flexibility index (Phi) is 9.65. The van der Waals surface area contributed by atoms with Crippen LogP contribution in [0.15, 0.2) is 72.8 Å². The fraction of sp³-hybridized carbons (Fsp3) is 0.371. The zero-order valence-corrected chi connectivity index (χ0v) is 23.4. The van der Waals surface area contributed by atoms with Crippen LogP contribution in [-0.4, -0.2) is 47.6 Å². The number of nitrogens with one attached hydrogen (secondary N) is 2. The molecule has 6 atom stereocenters. The summed E-state index contributed by atoms with van der Waals surface area (Å²) in [6.07, 6.45) is 5.10. The summed E-state index contributed by atoms with van der Waals surface area (Å²) in [6.45, 7) is 0.0595. The van der Waals surface area contributed by atoms with Gasteiger partial charge in [-0.2, -0.15) is 10.5 Å². The van der Waals surface area contributed by atoms with Crippen molar-refractivity contribution in [3.05, 3.63) is 95.3 Å².